The van der Waals surface area contributed by atoms with Crippen LogP contribution in [0.15, 0.2) is 65.4 Å². The lowest BCUT2D eigenvalue weighted by Gasteiger charge is -2.15. The van der Waals surface area contributed by atoms with Gasteiger partial charge < -0.3 is 4.52 Å². The Morgan fingerprint density at radius 3 is 2.93 bits per heavy atom. The molecule has 0 aliphatic heterocycles. The van der Waals surface area contributed by atoms with Gasteiger partial charge in [-0.3, -0.25) is 19.4 Å². The number of rotatable bonds is 6. The number of amides is 1. The molecule has 27 heavy (non-hydrogen) atoms. The van der Waals surface area contributed by atoms with Crippen LogP contribution in [-0.2, 0) is 13.1 Å². The summed E-state index contributed by atoms with van der Waals surface area (Å²) in [5.41, 5.74) is 2.26. The molecule has 0 bridgehead atoms. The number of carbonyl (C=O) groups is 1. The average molecular weight is 362 g/mol. The van der Waals surface area contributed by atoms with Crippen LogP contribution >= 0.6 is 0 Å². The number of fused-ring (bicyclic) bond motifs is 1. The Morgan fingerprint density at radius 1 is 1.15 bits per heavy atom. The molecule has 0 saturated heterocycles. The molecule has 0 spiro atoms. The lowest BCUT2D eigenvalue weighted by atomic mass is 10.1. The molecular formula is C19H18N6O2. The first-order valence-electron chi connectivity index (χ1n) is 8.47. The molecule has 8 heteroatoms. The fourth-order valence-corrected chi connectivity index (χ4v) is 2.87. The minimum absolute atomic E-state index is 0.229. The van der Waals surface area contributed by atoms with E-state index < -0.39 is 0 Å². The van der Waals surface area contributed by atoms with Gasteiger partial charge in [-0.05, 0) is 36.9 Å². The van der Waals surface area contributed by atoms with Crippen LogP contribution < -0.4 is 5.32 Å². The van der Waals surface area contributed by atoms with E-state index >= 15 is 0 Å². The van der Waals surface area contributed by atoms with Gasteiger partial charge in [-0.25, -0.2) is 0 Å². The Morgan fingerprint density at radius 2 is 2.07 bits per heavy atom. The van der Waals surface area contributed by atoms with Crippen LogP contribution in [-0.4, -0.2) is 37.6 Å². The van der Waals surface area contributed by atoms with Gasteiger partial charge in [0, 0.05) is 24.4 Å². The highest BCUT2D eigenvalue weighted by Gasteiger charge is 2.12. The molecule has 0 fully saturated rings. The first-order valence-corrected chi connectivity index (χ1v) is 8.47. The molecule has 3 heterocycles. The topological polar surface area (TPSA) is 88.6 Å². The first-order chi connectivity index (χ1) is 13.2. The lowest BCUT2D eigenvalue weighted by Crippen LogP contribution is -2.18. The first kappa shape index (κ1) is 16.9. The highest BCUT2D eigenvalue weighted by Crippen LogP contribution is 2.13. The maximum Gasteiger partial charge on any atom is 0.258 e. The van der Waals surface area contributed by atoms with Gasteiger partial charge >= 0.3 is 0 Å². The molecule has 4 aromatic rings. The summed E-state index contributed by atoms with van der Waals surface area (Å²) in [6, 6.07) is 14.9. The maximum atomic E-state index is 12.6. The van der Waals surface area contributed by atoms with Crippen molar-refractivity contribution < 1.29 is 9.32 Å². The zero-order valence-corrected chi connectivity index (χ0v) is 14.7. The van der Waals surface area contributed by atoms with Crippen molar-refractivity contribution in [1.29, 1.82) is 0 Å². The SMILES string of the molecule is CN(Cc1cccc(C(=O)Nc2nnc3ccccn23)c1)Cc1ccno1. The van der Waals surface area contributed by atoms with Gasteiger partial charge in [0.1, 0.15) is 0 Å². The highest BCUT2D eigenvalue weighted by atomic mass is 16.5. The summed E-state index contributed by atoms with van der Waals surface area (Å²) in [5, 5.41) is 14.6. The molecule has 3 aromatic heterocycles. The Balaban J connectivity index is 1.46. The quantitative estimate of drug-likeness (QED) is 0.567. The van der Waals surface area contributed by atoms with Crippen LogP contribution in [0.1, 0.15) is 21.7 Å². The van der Waals surface area contributed by atoms with E-state index in [2.05, 4.69) is 25.6 Å². The molecule has 0 aliphatic carbocycles. The number of hydrogen-bond acceptors (Lipinski definition) is 6. The molecule has 0 saturated carbocycles. The molecule has 0 unspecified atom stereocenters. The summed E-state index contributed by atoms with van der Waals surface area (Å²) in [7, 11) is 1.98. The maximum absolute atomic E-state index is 12.6. The third-order valence-electron chi connectivity index (χ3n) is 4.10. The van der Waals surface area contributed by atoms with Gasteiger partial charge in [-0.15, -0.1) is 10.2 Å². The van der Waals surface area contributed by atoms with Gasteiger partial charge in [0.2, 0.25) is 5.95 Å². The minimum Gasteiger partial charge on any atom is -0.360 e. The van der Waals surface area contributed by atoms with E-state index in [-0.39, 0.29) is 5.91 Å². The van der Waals surface area contributed by atoms with Crippen molar-refractivity contribution in [3.63, 3.8) is 0 Å². The van der Waals surface area contributed by atoms with Gasteiger partial charge in [-0.1, -0.05) is 23.4 Å². The fraction of sp³-hybridized carbons (Fsp3) is 0.158. The Labute approximate surface area is 155 Å². The third kappa shape index (κ3) is 3.85. The van der Waals surface area contributed by atoms with Crippen LogP contribution in [0.25, 0.3) is 5.65 Å². The smallest absolute Gasteiger partial charge is 0.258 e. The zero-order chi connectivity index (χ0) is 18.6. The third-order valence-corrected chi connectivity index (χ3v) is 4.10. The van der Waals surface area contributed by atoms with Gasteiger partial charge in [0.15, 0.2) is 11.4 Å². The van der Waals surface area contributed by atoms with Crippen molar-refractivity contribution in [2.75, 3.05) is 12.4 Å². The number of nitrogens with zero attached hydrogens (tertiary/aromatic N) is 5. The summed E-state index contributed by atoms with van der Waals surface area (Å²) in [6.07, 6.45) is 3.43. The Bertz CT molecular complexity index is 1060. The van der Waals surface area contributed by atoms with Crippen molar-refractivity contribution in [3.05, 3.63) is 77.8 Å². The number of hydrogen-bond donors (Lipinski definition) is 1. The number of pyridine rings is 1. The van der Waals surface area contributed by atoms with Crippen molar-refractivity contribution in [1.82, 2.24) is 24.7 Å². The largest absolute Gasteiger partial charge is 0.360 e. The van der Waals surface area contributed by atoms with E-state index in [1.165, 1.54) is 0 Å². The zero-order valence-electron chi connectivity index (χ0n) is 14.7. The van der Waals surface area contributed by atoms with E-state index in [4.69, 9.17) is 4.52 Å². The van der Waals surface area contributed by atoms with Crippen molar-refractivity contribution >= 4 is 17.5 Å². The molecule has 136 valence electrons. The Kier molecular flexibility index (Phi) is 4.63. The number of carbonyl (C=O) groups excluding carboxylic acids is 1. The van der Waals surface area contributed by atoms with Crippen molar-refractivity contribution in [3.8, 4) is 0 Å². The summed E-state index contributed by atoms with van der Waals surface area (Å²) >= 11 is 0. The van der Waals surface area contributed by atoms with Crippen molar-refractivity contribution in [2.24, 2.45) is 0 Å². The van der Waals surface area contributed by atoms with Crippen molar-refractivity contribution in [2.45, 2.75) is 13.1 Å². The summed E-state index contributed by atoms with van der Waals surface area (Å²) in [4.78, 5) is 14.7. The van der Waals surface area contributed by atoms with Gasteiger partial charge in [-0.2, -0.15) is 0 Å². The normalized spacial score (nSPS) is 11.2. The van der Waals surface area contributed by atoms with E-state index in [1.807, 2.05) is 49.5 Å². The standard InChI is InChI=1S/C19H18N6O2/c1-24(13-16-8-9-20-27-16)12-14-5-4-6-15(11-14)18(26)21-19-23-22-17-7-2-3-10-25(17)19/h2-11H,12-13H2,1H3,(H,21,23,26). The number of aromatic nitrogens is 4. The van der Waals surface area contributed by atoms with Gasteiger partial charge in [0.25, 0.3) is 5.91 Å². The molecule has 0 aliphatic rings. The molecule has 1 N–H and O–H groups in total. The van der Waals surface area contributed by atoms with Gasteiger partial charge in [0.05, 0.1) is 12.7 Å². The monoisotopic (exact) mass is 362 g/mol. The van der Waals surface area contributed by atoms with E-state index in [0.717, 1.165) is 11.3 Å². The molecule has 0 radical (unpaired) electrons. The van der Waals surface area contributed by atoms with Crippen LogP contribution in [0.2, 0.25) is 0 Å². The highest BCUT2D eigenvalue weighted by molar-refractivity contribution is 6.03. The predicted molar refractivity (Wildman–Crippen MR) is 99.1 cm³/mol. The number of anilines is 1. The fourth-order valence-electron chi connectivity index (χ4n) is 2.87. The molecule has 1 aromatic carbocycles. The van der Waals surface area contributed by atoms with E-state index in [0.29, 0.717) is 30.2 Å². The van der Waals surface area contributed by atoms with Crippen LogP contribution in [0.3, 0.4) is 0 Å². The number of nitrogens with one attached hydrogen (secondary N) is 1. The minimum atomic E-state index is -0.229. The van der Waals surface area contributed by atoms with E-state index in [1.54, 1.807) is 22.9 Å². The Hall–Kier alpha value is -3.52. The summed E-state index contributed by atoms with van der Waals surface area (Å²) < 4.78 is 6.86. The molecular weight excluding hydrogens is 344 g/mol. The predicted octanol–water partition coefficient (Wildman–Crippen LogP) is 2.60. The lowest BCUT2D eigenvalue weighted by molar-refractivity contribution is 0.102. The summed E-state index contributed by atoms with van der Waals surface area (Å²) in [5.74, 6) is 0.960. The second kappa shape index (κ2) is 7.38. The van der Waals surface area contributed by atoms with Crippen LogP contribution in [0.4, 0.5) is 5.95 Å². The molecule has 4 rings (SSSR count). The summed E-state index contributed by atoms with van der Waals surface area (Å²) in [6.45, 7) is 1.32. The van der Waals surface area contributed by atoms with Crippen LogP contribution in [0, 0.1) is 0 Å². The second-order valence-corrected chi connectivity index (χ2v) is 6.26. The second-order valence-electron chi connectivity index (χ2n) is 6.26. The number of benzene rings is 1. The molecule has 0 atom stereocenters. The van der Waals surface area contributed by atoms with E-state index in [9.17, 15) is 4.79 Å². The molecule has 1 amide bonds. The molecule has 8 nitrogen and oxygen atoms in total. The average Bonchev–Trinajstić information content (AvgIpc) is 3.32. The van der Waals surface area contributed by atoms with Crippen LogP contribution in [0.5, 0.6) is 0 Å².